The molecule has 2 nitrogen and oxygen atoms in total. The first-order valence-corrected chi connectivity index (χ1v) is 5.84. The molecule has 2 heterocycles. The van der Waals surface area contributed by atoms with Gasteiger partial charge in [-0.1, -0.05) is 18.5 Å². The number of halogens is 1. The molecule has 78 valence electrons. The van der Waals surface area contributed by atoms with E-state index in [0.717, 1.165) is 12.2 Å². The van der Waals surface area contributed by atoms with Gasteiger partial charge in [0.25, 0.3) is 0 Å². The highest BCUT2D eigenvalue weighted by Gasteiger charge is 2.14. The van der Waals surface area contributed by atoms with Crippen molar-refractivity contribution in [1.29, 1.82) is 0 Å². The Balaban J connectivity index is 2.28. The lowest BCUT2D eigenvalue weighted by Crippen LogP contribution is -1.96. The van der Waals surface area contributed by atoms with Gasteiger partial charge in [-0.3, -0.25) is 4.79 Å². The van der Waals surface area contributed by atoms with Crippen LogP contribution in [0.1, 0.15) is 28.8 Å². The Morgan fingerprint density at radius 1 is 1.53 bits per heavy atom. The van der Waals surface area contributed by atoms with Crippen LogP contribution in [0.5, 0.6) is 0 Å². The molecular formula is C11H9ClO2S. The summed E-state index contributed by atoms with van der Waals surface area (Å²) < 4.78 is 5.98. The number of aryl methyl sites for hydroxylation is 1. The topological polar surface area (TPSA) is 30.2 Å². The van der Waals surface area contributed by atoms with Crippen LogP contribution in [0.15, 0.2) is 28.0 Å². The van der Waals surface area contributed by atoms with Crippen LogP contribution in [-0.2, 0) is 6.42 Å². The van der Waals surface area contributed by atoms with Gasteiger partial charge in [-0.15, -0.1) is 11.3 Å². The van der Waals surface area contributed by atoms with Crippen LogP contribution >= 0.6 is 22.9 Å². The summed E-state index contributed by atoms with van der Waals surface area (Å²) >= 11 is 7.10. The molecule has 0 aliphatic rings. The van der Waals surface area contributed by atoms with Gasteiger partial charge in [0.1, 0.15) is 5.76 Å². The minimum absolute atomic E-state index is 0.113. The van der Waals surface area contributed by atoms with Gasteiger partial charge in [0, 0.05) is 17.4 Å². The molecule has 15 heavy (non-hydrogen) atoms. The van der Waals surface area contributed by atoms with Gasteiger partial charge in [-0.25, -0.2) is 0 Å². The zero-order chi connectivity index (χ0) is 10.8. The van der Waals surface area contributed by atoms with Gasteiger partial charge in [0.2, 0.25) is 5.78 Å². The molecule has 0 saturated carbocycles. The summed E-state index contributed by atoms with van der Waals surface area (Å²) in [6.45, 7) is 1.98. The Morgan fingerprint density at radius 3 is 2.87 bits per heavy atom. The number of thiophene rings is 1. The Hall–Kier alpha value is -1.06. The van der Waals surface area contributed by atoms with Crippen LogP contribution in [0, 0.1) is 0 Å². The molecule has 0 aromatic carbocycles. The van der Waals surface area contributed by atoms with E-state index in [1.165, 1.54) is 11.3 Å². The van der Waals surface area contributed by atoms with E-state index < -0.39 is 0 Å². The molecule has 0 N–H and O–H groups in total. The average molecular weight is 241 g/mol. The first-order valence-electron chi connectivity index (χ1n) is 4.58. The number of hydrogen-bond acceptors (Lipinski definition) is 3. The third-order valence-corrected chi connectivity index (χ3v) is 3.15. The van der Waals surface area contributed by atoms with Crippen molar-refractivity contribution in [2.24, 2.45) is 0 Å². The highest BCUT2D eigenvalue weighted by atomic mass is 35.5. The summed E-state index contributed by atoms with van der Waals surface area (Å²) in [5.74, 6) is 1.08. The smallest absolute Gasteiger partial charge is 0.229 e. The summed E-state index contributed by atoms with van der Waals surface area (Å²) in [7, 11) is 0. The molecule has 0 aliphatic carbocycles. The van der Waals surface area contributed by atoms with Crippen molar-refractivity contribution >= 4 is 28.7 Å². The zero-order valence-corrected chi connectivity index (χ0v) is 9.69. The van der Waals surface area contributed by atoms with Crippen molar-refractivity contribution in [1.82, 2.24) is 0 Å². The predicted octanol–water partition coefficient (Wildman–Crippen LogP) is 3.79. The standard InChI is InChI=1S/C11H9ClO2S/c1-2-8-3-4-9(14-8)11(13)7-5-10(12)15-6-7/h3-6H,2H2,1H3. The van der Waals surface area contributed by atoms with Crippen molar-refractivity contribution in [2.45, 2.75) is 13.3 Å². The van der Waals surface area contributed by atoms with Gasteiger partial charge in [0.15, 0.2) is 5.76 Å². The highest BCUT2D eigenvalue weighted by molar-refractivity contribution is 7.14. The van der Waals surface area contributed by atoms with Gasteiger partial charge in [-0.05, 0) is 18.2 Å². The van der Waals surface area contributed by atoms with E-state index in [0.29, 0.717) is 15.7 Å². The second-order valence-corrected chi connectivity index (χ2v) is 4.63. The Kier molecular flexibility index (Phi) is 2.93. The van der Waals surface area contributed by atoms with Crippen LogP contribution in [0.25, 0.3) is 0 Å². The van der Waals surface area contributed by atoms with Gasteiger partial charge < -0.3 is 4.42 Å². The maximum absolute atomic E-state index is 11.8. The first kappa shape index (κ1) is 10.5. The SMILES string of the molecule is CCc1ccc(C(=O)c2csc(Cl)c2)o1. The third-order valence-electron chi connectivity index (χ3n) is 2.06. The summed E-state index contributed by atoms with van der Waals surface area (Å²) in [5, 5.41) is 1.73. The number of carbonyl (C=O) groups excluding carboxylic acids is 1. The van der Waals surface area contributed by atoms with Crippen LogP contribution in [0.4, 0.5) is 0 Å². The van der Waals surface area contributed by atoms with Gasteiger partial charge >= 0.3 is 0 Å². The molecule has 0 aliphatic heterocycles. The van der Waals surface area contributed by atoms with Crippen LogP contribution in [-0.4, -0.2) is 5.78 Å². The van der Waals surface area contributed by atoms with Crippen molar-refractivity contribution < 1.29 is 9.21 Å². The van der Waals surface area contributed by atoms with E-state index in [4.69, 9.17) is 16.0 Å². The van der Waals surface area contributed by atoms with Crippen LogP contribution in [0.3, 0.4) is 0 Å². The lowest BCUT2D eigenvalue weighted by Gasteiger charge is -1.92. The van der Waals surface area contributed by atoms with E-state index in [1.54, 1.807) is 17.5 Å². The number of carbonyl (C=O) groups is 1. The van der Waals surface area contributed by atoms with Gasteiger partial charge in [0.05, 0.1) is 4.34 Å². The van der Waals surface area contributed by atoms with Crippen LogP contribution < -0.4 is 0 Å². The average Bonchev–Trinajstić information content (AvgIpc) is 2.84. The molecule has 0 fully saturated rings. The molecule has 2 aromatic heterocycles. The van der Waals surface area contributed by atoms with Crippen molar-refractivity contribution in [3.8, 4) is 0 Å². The molecular weight excluding hydrogens is 232 g/mol. The summed E-state index contributed by atoms with van der Waals surface area (Å²) in [6, 6.07) is 5.18. The van der Waals surface area contributed by atoms with E-state index in [1.807, 2.05) is 13.0 Å². The molecule has 0 amide bonds. The largest absolute Gasteiger partial charge is 0.458 e. The zero-order valence-electron chi connectivity index (χ0n) is 8.12. The monoisotopic (exact) mass is 240 g/mol. The molecule has 0 unspecified atom stereocenters. The number of rotatable bonds is 3. The predicted molar refractivity (Wildman–Crippen MR) is 60.8 cm³/mol. The Bertz CT molecular complexity index is 484. The second-order valence-electron chi connectivity index (χ2n) is 3.09. The normalized spacial score (nSPS) is 10.5. The maximum Gasteiger partial charge on any atom is 0.229 e. The van der Waals surface area contributed by atoms with E-state index >= 15 is 0 Å². The number of hydrogen-bond donors (Lipinski definition) is 0. The molecule has 2 rings (SSSR count). The molecule has 0 bridgehead atoms. The summed E-state index contributed by atoms with van der Waals surface area (Å²) in [4.78, 5) is 11.8. The fourth-order valence-corrected chi connectivity index (χ4v) is 2.12. The second kappa shape index (κ2) is 4.21. The lowest BCUT2D eigenvalue weighted by molar-refractivity contribution is 0.101. The van der Waals surface area contributed by atoms with E-state index in [2.05, 4.69) is 0 Å². The van der Waals surface area contributed by atoms with Crippen molar-refractivity contribution in [3.05, 3.63) is 45.0 Å². The van der Waals surface area contributed by atoms with Crippen LogP contribution in [0.2, 0.25) is 4.34 Å². The van der Waals surface area contributed by atoms with E-state index in [-0.39, 0.29) is 5.78 Å². The Labute approximate surface area is 96.5 Å². The van der Waals surface area contributed by atoms with Crippen molar-refractivity contribution in [2.75, 3.05) is 0 Å². The summed E-state index contributed by atoms with van der Waals surface area (Å²) in [5.41, 5.74) is 0.585. The quantitative estimate of drug-likeness (QED) is 0.764. The number of furan rings is 1. The fourth-order valence-electron chi connectivity index (χ4n) is 1.26. The van der Waals surface area contributed by atoms with E-state index in [9.17, 15) is 4.79 Å². The maximum atomic E-state index is 11.8. The summed E-state index contributed by atoms with van der Waals surface area (Å²) in [6.07, 6.45) is 0.789. The molecule has 0 saturated heterocycles. The fraction of sp³-hybridized carbons (Fsp3) is 0.182. The first-order chi connectivity index (χ1) is 7.20. The minimum atomic E-state index is -0.113. The molecule has 0 atom stereocenters. The highest BCUT2D eigenvalue weighted by Crippen LogP contribution is 2.23. The number of ketones is 1. The minimum Gasteiger partial charge on any atom is -0.458 e. The molecule has 4 heteroatoms. The Morgan fingerprint density at radius 2 is 2.33 bits per heavy atom. The lowest BCUT2D eigenvalue weighted by atomic mass is 10.2. The molecule has 0 spiro atoms. The van der Waals surface area contributed by atoms with Gasteiger partial charge in [-0.2, -0.15) is 0 Å². The third kappa shape index (κ3) is 2.13. The van der Waals surface area contributed by atoms with Crippen molar-refractivity contribution in [3.63, 3.8) is 0 Å². The molecule has 0 radical (unpaired) electrons. The molecule has 2 aromatic rings.